The molecule has 4 aromatic carbocycles. The highest BCUT2D eigenvalue weighted by Crippen LogP contribution is 2.71. The van der Waals surface area contributed by atoms with Gasteiger partial charge in [0, 0.05) is 0 Å². The molecule has 2 N–H and O–H groups in total. The quantitative estimate of drug-likeness (QED) is 0.0484. The Balaban J connectivity index is 0.000000105. The second-order valence-corrected chi connectivity index (χ2v) is 50.4. The number of hydrogen-bond donors (Lipinski definition) is 2. The van der Waals surface area contributed by atoms with Gasteiger partial charge < -0.3 is 48.1 Å². The van der Waals surface area contributed by atoms with Crippen molar-refractivity contribution in [2.24, 2.45) is 195 Å². The van der Waals surface area contributed by atoms with Gasteiger partial charge in [0.15, 0.2) is 5.60 Å². The molecule has 0 amide bonds. The minimum Gasteiger partial charge on any atom is -0.481 e. The summed E-state index contributed by atoms with van der Waals surface area (Å²) in [6.45, 7) is 31.1. The van der Waals surface area contributed by atoms with E-state index >= 15 is 0 Å². The Kier molecular flexibility index (Phi) is 30.9. The monoisotopic (exact) mass is 2030 g/mol. The maximum Gasteiger partial charge on any atom is 0.318 e. The fourth-order valence-corrected chi connectivity index (χ4v) is 33.2. The smallest absolute Gasteiger partial charge is 0.318 e. The summed E-state index contributed by atoms with van der Waals surface area (Å²) in [5, 5.41) is 17.9. The van der Waals surface area contributed by atoms with E-state index in [1.54, 1.807) is 12.2 Å². The maximum atomic E-state index is 12.4. The third-order valence-electron chi connectivity index (χ3n) is 39.3. The molecule has 4 aromatic rings. The van der Waals surface area contributed by atoms with Crippen LogP contribution in [0.4, 0.5) is 0 Å². The highest BCUT2D eigenvalue weighted by atomic mass is 16.6. The molecule has 3 saturated heterocycles. The van der Waals surface area contributed by atoms with Crippen LogP contribution in [0.5, 0.6) is 0 Å². The lowest BCUT2D eigenvalue weighted by Gasteiger charge is -2.45. The zero-order chi connectivity index (χ0) is 105. The summed E-state index contributed by atoms with van der Waals surface area (Å²) in [6, 6.07) is 33.7. The van der Waals surface area contributed by atoms with Crippen LogP contribution in [0.15, 0.2) is 208 Å². The molecule has 0 aromatic heterocycles. The normalized spacial score (nSPS) is 38.8. The summed E-state index contributed by atoms with van der Waals surface area (Å²) in [5.41, 5.74) is 5.50. The van der Waals surface area contributed by atoms with Crippen molar-refractivity contribution < 1.29 is 96.1 Å². The molecule has 0 radical (unpaired) electrons. The number of esters is 8. The summed E-state index contributed by atoms with van der Waals surface area (Å²) in [4.78, 5) is 115. The van der Waals surface area contributed by atoms with E-state index < -0.39 is 17.5 Å². The number of aliphatic carboxylic acids is 2. The third kappa shape index (κ3) is 21.5. The second-order valence-electron chi connectivity index (χ2n) is 50.4. The SMILES string of the molecule is C=Cc1ccc(C2C(=O)OC2(C)C)cc1.C=Cc1ccc(C2C(=O)OC2(C)c2ccccc2)cc1.C=Cc1ccc(C2C(=O)OC23CCCC3)cc1.CC(C)(C)OC(=O)C1CC2C=CC1C2.CC(C)(C)OC(=O)C1CC2CC1C1C3C=CC(C3)C21.CCOC(=O)C1CC2C=CC1C2.COC(=O)C1CC2C=CC1C2.COC(=O)C1CC2CC1C1C3C=CC(C3)C21.O=C(O)C1CC2C=CC1C2.O=C(O)C1CC2CC1C1C3C=CC(C3)C21. The molecule has 3 aliphatic heterocycles. The van der Waals surface area contributed by atoms with Crippen LogP contribution in [-0.2, 0) is 91.4 Å². The minimum absolute atomic E-state index is 0.00523. The first-order valence-corrected chi connectivity index (χ1v) is 56.2. The fraction of sp³-hybridized carbons (Fsp3) is 0.581. The minimum atomic E-state index is -0.614. The third-order valence-corrected chi connectivity index (χ3v) is 39.3. The first kappa shape index (κ1) is 106. The van der Waals surface area contributed by atoms with E-state index in [0.717, 1.165) is 198 Å². The fourth-order valence-electron chi connectivity index (χ4n) is 33.2. The largest absolute Gasteiger partial charge is 0.481 e. The lowest BCUT2D eigenvalue weighted by molar-refractivity contribution is -0.199. The van der Waals surface area contributed by atoms with Crippen LogP contribution in [0.2, 0.25) is 0 Å². The van der Waals surface area contributed by atoms with E-state index in [1.165, 1.54) is 78.4 Å². The number of hydrogen-bond acceptors (Lipinski definition) is 18. The molecule has 1 spiro atoms. The summed E-state index contributed by atoms with van der Waals surface area (Å²) >= 11 is 0. The van der Waals surface area contributed by atoms with Gasteiger partial charge in [-0.15, -0.1) is 0 Å². The molecule has 28 rings (SSSR count). The van der Waals surface area contributed by atoms with Gasteiger partial charge in [0.1, 0.15) is 40.2 Å². The van der Waals surface area contributed by atoms with Crippen LogP contribution < -0.4 is 0 Å². The maximum absolute atomic E-state index is 12.4. The van der Waals surface area contributed by atoms with Crippen molar-refractivity contribution in [2.75, 3.05) is 20.8 Å². The van der Waals surface area contributed by atoms with Crippen LogP contribution in [0.1, 0.15) is 261 Å². The summed E-state index contributed by atoms with van der Waals surface area (Å²) in [7, 11) is 3.00. The number of rotatable bonds is 15. The van der Waals surface area contributed by atoms with E-state index in [-0.39, 0.29) is 129 Å². The molecular formula is C129H158O20. The van der Waals surface area contributed by atoms with Crippen LogP contribution in [-0.4, -0.2) is 113 Å². The molecule has 17 fully saturated rings. The van der Waals surface area contributed by atoms with Crippen molar-refractivity contribution >= 4 is 77.9 Å². The molecule has 20 bridgehead atoms. The van der Waals surface area contributed by atoms with Gasteiger partial charge in [-0.3, -0.25) is 47.9 Å². The van der Waals surface area contributed by atoms with Gasteiger partial charge in [-0.1, -0.05) is 226 Å². The van der Waals surface area contributed by atoms with Crippen molar-refractivity contribution in [2.45, 2.75) is 250 Å². The van der Waals surface area contributed by atoms with E-state index in [9.17, 15) is 53.1 Å². The van der Waals surface area contributed by atoms with E-state index in [1.807, 2.05) is 178 Å². The molecule has 21 aliphatic carbocycles. The topological polar surface area (TPSA) is 285 Å². The number of fused-ring (bicyclic) bond motifs is 35. The zero-order valence-corrected chi connectivity index (χ0v) is 89.3. The summed E-state index contributed by atoms with van der Waals surface area (Å²) < 4.78 is 41.7. The highest BCUT2D eigenvalue weighted by Gasteiger charge is 2.67. The van der Waals surface area contributed by atoms with E-state index in [0.29, 0.717) is 71.7 Å². The molecule has 24 aliphatic rings. The number of carboxylic acid groups (broad SMARTS) is 2. The van der Waals surface area contributed by atoms with Crippen molar-refractivity contribution in [1.82, 2.24) is 0 Å². The Bertz CT molecular complexity index is 5890. The Morgan fingerprint density at radius 3 is 1.00 bits per heavy atom. The van der Waals surface area contributed by atoms with Gasteiger partial charge in [0.05, 0.1) is 62.3 Å². The number of methoxy groups -OCH3 is 2. The Morgan fingerprint density at radius 2 is 0.671 bits per heavy atom. The zero-order valence-electron chi connectivity index (χ0n) is 89.3. The number of carbonyl (C=O) groups excluding carboxylic acids is 8. The predicted molar refractivity (Wildman–Crippen MR) is 570 cm³/mol. The number of carboxylic acids is 2. The molecule has 20 heteroatoms. The molecule has 37 unspecified atom stereocenters. The molecule has 14 saturated carbocycles. The number of ether oxygens (including phenoxy) is 8. The number of carbonyl (C=O) groups is 10. The Labute approximate surface area is 881 Å². The van der Waals surface area contributed by atoms with Crippen LogP contribution in [0, 0.1) is 195 Å². The molecule has 20 nitrogen and oxygen atoms in total. The summed E-state index contributed by atoms with van der Waals surface area (Å²) in [5.74, 6) is 17.2. The van der Waals surface area contributed by atoms with E-state index in [2.05, 4.69) is 105 Å². The Morgan fingerprint density at radius 1 is 0.349 bits per heavy atom. The molecule has 794 valence electrons. The van der Waals surface area contributed by atoms with Gasteiger partial charge in [0.25, 0.3) is 0 Å². The molecular weight excluding hydrogens is 1870 g/mol. The van der Waals surface area contributed by atoms with Crippen molar-refractivity contribution in [3.8, 4) is 0 Å². The van der Waals surface area contributed by atoms with Crippen LogP contribution >= 0.6 is 0 Å². The van der Waals surface area contributed by atoms with Crippen molar-refractivity contribution in [3.05, 3.63) is 247 Å². The van der Waals surface area contributed by atoms with Crippen molar-refractivity contribution in [3.63, 3.8) is 0 Å². The van der Waals surface area contributed by atoms with Gasteiger partial charge >= 0.3 is 59.7 Å². The van der Waals surface area contributed by atoms with Gasteiger partial charge in [0.2, 0.25) is 0 Å². The van der Waals surface area contributed by atoms with E-state index in [4.69, 9.17) is 43.0 Å². The highest BCUT2D eigenvalue weighted by molar-refractivity contribution is 5.88. The van der Waals surface area contributed by atoms with Crippen LogP contribution in [0.25, 0.3) is 18.2 Å². The van der Waals surface area contributed by atoms with Gasteiger partial charge in [-0.2, -0.15) is 0 Å². The van der Waals surface area contributed by atoms with Crippen LogP contribution in [0.3, 0.4) is 0 Å². The second kappa shape index (κ2) is 43.3. The average Bonchev–Trinajstić information content (AvgIpc) is 1.58. The first-order valence-electron chi connectivity index (χ1n) is 56.2. The predicted octanol–water partition coefficient (Wildman–Crippen LogP) is 24.7. The van der Waals surface area contributed by atoms with Gasteiger partial charge in [-0.25, -0.2) is 0 Å². The summed E-state index contributed by atoms with van der Waals surface area (Å²) in [6.07, 6.45) is 61.2. The first-order chi connectivity index (χ1) is 71.3. The average molecular weight is 2030 g/mol. The molecule has 149 heavy (non-hydrogen) atoms. The number of benzene rings is 4. The molecule has 3 heterocycles. The number of cyclic esters (lactones) is 2. The Hall–Kier alpha value is -11.0. The van der Waals surface area contributed by atoms with Crippen molar-refractivity contribution in [1.29, 1.82) is 0 Å². The number of allylic oxidation sites excluding steroid dienone is 14. The lowest BCUT2D eigenvalue weighted by Crippen LogP contribution is -2.53. The lowest BCUT2D eigenvalue weighted by atomic mass is 9.69. The van der Waals surface area contributed by atoms with Gasteiger partial charge in [-0.05, 0) is 397 Å². The standard InChI is InChI=1S/C18H16O2.C17H24O2.C15H16O2.C14H18O2.C13H16O2.C13H14O2.C12H18O2.C10H14O2.C9H12O2.C8H10O2/c1-3-13-9-11-14(12-10-13)16-17(19)20-18(16,2)15-7-5-4-6-8-15;1-17(2,3)19-16(18)13-8-11-7-12(13)15-10-5-4-9(6-10)14(11)15;1-2-11-5-7-12(8-6-11)13-14(16)17-15(13)9-3-4-10-15;1-16-14(15)11-6-9-5-10(11)13-8-3-2-7(4-8)12(9)13;14-13(15)10-5-8-4-9(10)12-7-2-1-6(3-7)11(8)12;1-4-9-5-7-10(8-6-9)11-12(14)15-13(11,2)3;1-12(2,3)14-11(13)10-7-8-4-5-9(10)6-8;1-2-12-10(11)9-6-7-3-4-8(9)5-7;1-11-9(10)8-5-6-2-3-7(8)4-6;9-8(10)7-4-5-1-2-6(7)3-5/h3-12,16H,1H2,2H3;4-5,9-15H,6-8H2,1-3H3;2,5-8,13H,1,3-4,9-10H2;2-3,7-13H,4-6H2,1H3;1-2,6-12H,3-5H2,(H,14,15);4-8,11H,1H2,2-3H3;4-5,8-10H,6-7H2,1-3H3;3-4,7-9H,2,5-6H2,1H3;2-3,6-8H,4-5H2,1H3;1-2,5-7H,3-4H2,(H,9,10). The molecule has 37 atom stereocenters.